The fourth-order valence-corrected chi connectivity index (χ4v) is 4.38. The molecule has 6 nitrogen and oxygen atoms in total. The summed E-state index contributed by atoms with van der Waals surface area (Å²) < 4.78 is 23.0. The fraction of sp³-hybridized carbons (Fsp3) is 0.882. The molecule has 1 unspecified atom stereocenters. The van der Waals surface area contributed by atoms with Crippen molar-refractivity contribution in [2.24, 2.45) is 0 Å². The van der Waals surface area contributed by atoms with Crippen molar-refractivity contribution in [3.8, 4) is 0 Å². The molecule has 1 aromatic rings. The highest BCUT2D eigenvalue weighted by Gasteiger charge is 2.43. The summed E-state index contributed by atoms with van der Waals surface area (Å²) in [7, 11) is 1.76. The first kappa shape index (κ1) is 15.5. The summed E-state index contributed by atoms with van der Waals surface area (Å²) >= 11 is 0. The molecule has 0 amide bonds. The van der Waals surface area contributed by atoms with E-state index in [9.17, 15) is 0 Å². The van der Waals surface area contributed by atoms with Crippen molar-refractivity contribution < 1.29 is 18.7 Å². The van der Waals surface area contributed by atoms with Crippen molar-refractivity contribution in [1.29, 1.82) is 0 Å². The molecule has 3 aliphatic rings. The molecule has 1 aliphatic carbocycles. The van der Waals surface area contributed by atoms with Gasteiger partial charge in [-0.3, -0.25) is 0 Å². The van der Waals surface area contributed by atoms with Gasteiger partial charge in [-0.15, -0.1) is 0 Å². The van der Waals surface area contributed by atoms with Crippen LogP contribution in [0.5, 0.6) is 0 Å². The molecule has 1 spiro atoms. The third kappa shape index (κ3) is 2.81. The molecule has 1 aromatic heterocycles. The van der Waals surface area contributed by atoms with Crippen LogP contribution >= 0.6 is 0 Å². The summed E-state index contributed by atoms with van der Waals surface area (Å²) in [6, 6.07) is 0. The number of methoxy groups -OCH3 is 1. The van der Waals surface area contributed by atoms with Crippen LogP contribution in [0.25, 0.3) is 0 Å². The van der Waals surface area contributed by atoms with Crippen molar-refractivity contribution in [2.45, 2.75) is 68.5 Å². The second-order valence-corrected chi connectivity index (χ2v) is 7.20. The van der Waals surface area contributed by atoms with Gasteiger partial charge >= 0.3 is 0 Å². The Morgan fingerprint density at radius 2 is 1.87 bits per heavy atom. The molecule has 3 fully saturated rings. The topological polar surface area (TPSA) is 66.6 Å². The molecule has 0 aromatic carbocycles. The molecule has 0 bridgehead atoms. The summed E-state index contributed by atoms with van der Waals surface area (Å²) in [5.74, 6) is 1.79. The maximum atomic E-state index is 6.11. The van der Waals surface area contributed by atoms with Gasteiger partial charge in [-0.25, -0.2) is 0 Å². The van der Waals surface area contributed by atoms with Crippen molar-refractivity contribution >= 4 is 0 Å². The quantitative estimate of drug-likeness (QED) is 0.852. The lowest BCUT2D eigenvalue weighted by Gasteiger charge is -2.42. The minimum atomic E-state index is -0.330. The maximum absolute atomic E-state index is 6.11. The highest BCUT2D eigenvalue weighted by molar-refractivity contribution is 5.08. The maximum Gasteiger partial charge on any atom is 0.230 e. The number of hydrogen-bond acceptors (Lipinski definition) is 6. The van der Waals surface area contributed by atoms with Gasteiger partial charge < -0.3 is 18.7 Å². The average molecular weight is 322 g/mol. The summed E-state index contributed by atoms with van der Waals surface area (Å²) in [5.41, 5.74) is -0.384. The van der Waals surface area contributed by atoms with Crippen molar-refractivity contribution in [3.63, 3.8) is 0 Å². The third-order valence-corrected chi connectivity index (χ3v) is 5.90. The van der Waals surface area contributed by atoms with Gasteiger partial charge in [-0.2, -0.15) is 4.98 Å². The summed E-state index contributed by atoms with van der Waals surface area (Å²) in [6.07, 6.45) is 8.13. The molecule has 0 N–H and O–H groups in total. The van der Waals surface area contributed by atoms with Crippen LogP contribution in [0, 0.1) is 0 Å². The van der Waals surface area contributed by atoms with E-state index in [0.717, 1.165) is 82.9 Å². The summed E-state index contributed by atoms with van der Waals surface area (Å²) in [6.45, 7) is 2.33. The van der Waals surface area contributed by atoms with Crippen LogP contribution in [0.4, 0.5) is 0 Å². The van der Waals surface area contributed by atoms with E-state index in [4.69, 9.17) is 23.7 Å². The van der Waals surface area contributed by atoms with Gasteiger partial charge in [0, 0.05) is 32.8 Å². The van der Waals surface area contributed by atoms with E-state index in [-0.39, 0.29) is 11.2 Å². The predicted molar refractivity (Wildman–Crippen MR) is 82.2 cm³/mol. The Kier molecular flexibility index (Phi) is 4.15. The molecule has 1 atom stereocenters. The Morgan fingerprint density at radius 3 is 2.61 bits per heavy atom. The molecule has 3 heterocycles. The molecule has 0 radical (unpaired) electrons. The van der Waals surface area contributed by atoms with Crippen molar-refractivity contribution in [2.75, 3.05) is 26.9 Å². The van der Waals surface area contributed by atoms with Gasteiger partial charge in [-0.05, 0) is 51.4 Å². The molecule has 23 heavy (non-hydrogen) atoms. The SMILES string of the molecule is COC1(c2noc(C3CCOC4(CCOCC4)C3)n2)CCCC1. The monoisotopic (exact) mass is 322 g/mol. The first-order valence-corrected chi connectivity index (χ1v) is 8.86. The lowest BCUT2D eigenvalue weighted by Crippen LogP contribution is -2.43. The highest BCUT2D eigenvalue weighted by Crippen LogP contribution is 2.43. The normalized spacial score (nSPS) is 29.9. The van der Waals surface area contributed by atoms with E-state index in [1.807, 2.05) is 0 Å². The average Bonchev–Trinajstić information content (AvgIpc) is 3.26. The van der Waals surface area contributed by atoms with E-state index in [1.54, 1.807) is 7.11 Å². The Morgan fingerprint density at radius 1 is 1.09 bits per heavy atom. The highest BCUT2D eigenvalue weighted by atomic mass is 16.5. The van der Waals surface area contributed by atoms with E-state index in [2.05, 4.69) is 5.16 Å². The Hall–Kier alpha value is -0.980. The van der Waals surface area contributed by atoms with E-state index >= 15 is 0 Å². The van der Waals surface area contributed by atoms with E-state index < -0.39 is 0 Å². The number of nitrogens with zero attached hydrogens (tertiary/aromatic N) is 2. The van der Waals surface area contributed by atoms with Crippen LogP contribution in [0.15, 0.2) is 4.52 Å². The second kappa shape index (κ2) is 6.15. The van der Waals surface area contributed by atoms with Crippen LogP contribution in [0.2, 0.25) is 0 Å². The van der Waals surface area contributed by atoms with Gasteiger partial charge in [0.05, 0.1) is 5.60 Å². The first-order valence-electron chi connectivity index (χ1n) is 8.86. The lowest BCUT2D eigenvalue weighted by molar-refractivity contribution is -0.140. The smallest absolute Gasteiger partial charge is 0.230 e. The Labute approximate surface area is 136 Å². The van der Waals surface area contributed by atoms with Crippen LogP contribution < -0.4 is 0 Å². The number of rotatable bonds is 3. The van der Waals surface area contributed by atoms with Crippen molar-refractivity contribution in [3.05, 3.63) is 11.7 Å². The summed E-state index contributed by atoms with van der Waals surface area (Å²) in [4.78, 5) is 4.75. The van der Waals surface area contributed by atoms with Crippen LogP contribution in [0.1, 0.15) is 69.0 Å². The molecule has 4 rings (SSSR count). The Balaban J connectivity index is 1.52. The second-order valence-electron chi connectivity index (χ2n) is 7.20. The predicted octanol–water partition coefficient (Wildman–Crippen LogP) is 2.93. The minimum Gasteiger partial charge on any atom is -0.381 e. The number of hydrogen-bond donors (Lipinski definition) is 0. The first-order chi connectivity index (χ1) is 11.3. The zero-order valence-corrected chi connectivity index (χ0v) is 13.9. The van der Waals surface area contributed by atoms with Crippen LogP contribution in [0.3, 0.4) is 0 Å². The molecule has 1 saturated carbocycles. The zero-order valence-electron chi connectivity index (χ0n) is 13.9. The van der Waals surface area contributed by atoms with E-state index in [1.165, 1.54) is 0 Å². The zero-order chi connectivity index (χ0) is 15.8. The number of ether oxygens (including phenoxy) is 3. The lowest BCUT2D eigenvalue weighted by atomic mass is 9.81. The van der Waals surface area contributed by atoms with Gasteiger partial charge in [0.15, 0.2) is 0 Å². The number of aromatic nitrogens is 2. The van der Waals surface area contributed by atoms with Gasteiger partial charge in [0.25, 0.3) is 0 Å². The molecular formula is C17H26N2O4. The Bertz CT molecular complexity index is 527. The standard InChI is InChI=1S/C17H26N2O4/c1-20-17(5-2-3-6-17)15-18-14(23-19-15)13-4-9-22-16(12-13)7-10-21-11-8-16/h13H,2-12H2,1H3. The molecule has 2 saturated heterocycles. The van der Waals surface area contributed by atoms with Crippen molar-refractivity contribution in [1.82, 2.24) is 10.1 Å². The molecule has 128 valence electrons. The van der Waals surface area contributed by atoms with Gasteiger partial charge in [0.2, 0.25) is 11.7 Å². The van der Waals surface area contributed by atoms with E-state index in [0.29, 0.717) is 5.92 Å². The minimum absolute atomic E-state index is 0.0535. The molecule has 2 aliphatic heterocycles. The van der Waals surface area contributed by atoms with Crippen LogP contribution in [-0.4, -0.2) is 42.7 Å². The molecule has 6 heteroatoms. The summed E-state index contributed by atoms with van der Waals surface area (Å²) in [5, 5.41) is 4.27. The fourth-order valence-electron chi connectivity index (χ4n) is 4.38. The molecular weight excluding hydrogens is 296 g/mol. The van der Waals surface area contributed by atoms with Gasteiger partial charge in [-0.1, -0.05) is 5.16 Å². The van der Waals surface area contributed by atoms with Gasteiger partial charge in [0.1, 0.15) is 5.60 Å². The van der Waals surface area contributed by atoms with Crippen LogP contribution in [-0.2, 0) is 19.8 Å². The third-order valence-electron chi connectivity index (χ3n) is 5.90. The largest absolute Gasteiger partial charge is 0.381 e.